The molecule has 0 bridgehead atoms. The van der Waals surface area contributed by atoms with Crippen molar-refractivity contribution in [2.45, 2.75) is 32.4 Å². The van der Waals surface area contributed by atoms with Gasteiger partial charge in [0.1, 0.15) is 5.75 Å². The van der Waals surface area contributed by atoms with Crippen LogP contribution in [-0.2, 0) is 11.3 Å². The van der Waals surface area contributed by atoms with Gasteiger partial charge in [0.2, 0.25) is 5.91 Å². The van der Waals surface area contributed by atoms with Gasteiger partial charge in [0, 0.05) is 18.0 Å². The van der Waals surface area contributed by atoms with E-state index in [0.29, 0.717) is 5.56 Å². The number of allylic oxidation sites excluding steroid dienone is 2. The van der Waals surface area contributed by atoms with Crippen LogP contribution in [0.5, 0.6) is 5.75 Å². The molecule has 0 aliphatic heterocycles. The van der Waals surface area contributed by atoms with Crippen LogP contribution in [0.1, 0.15) is 24.8 Å². The maximum atomic E-state index is 12.3. The van der Waals surface area contributed by atoms with Crippen LogP contribution < -0.4 is 10.1 Å². The summed E-state index contributed by atoms with van der Waals surface area (Å²) < 4.78 is 29.0. The summed E-state index contributed by atoms with van der Waals surface area (Å²) in [6, 6.07) is 6.48. The normalized spacial score (nSPS) is 18.1. The topological polar surface area (TPSA) is 38.3 Å². The third-order valence-electron chi connectivity index (χ3n) is 3.28. The number of amides is 1. The van der Waals surface area contributed by atoms with E-state index in [-0.39, 0.29) is 24.1 Å². The number of alkyl halides is 2. The predicted octanol–water partition coefficient (Wildman–Crippen LogP) is 3.26. The summed E-state index contributed by atoms with van der Waals surface area (Å²) in [6.45, 7) is -2.67. The molecule has 0 saturated carbocycles. The van der Waals surface area contributed by atoms with Crippen molar-refractivity contribution in [1.82, 2.24) is 5.32 Å². The number of rotatable bonds is 5. The Hall–Kier alpha value is -1.91. The van der Waals surface area contributed by atoms with Crippen molar-refractivity contribution in [2.24, 2.45) is 5.92 Å². The largest absolute Gasteiger partial charge is 0.434 e. The molecule has 0 heterocycles. The van der Waals surface area contributed by atoms with Crippen molar-refractivity contribution in [1.29, 1.82) is 0 Å². The van der Waals surface area contributed by atoms with E-state index in [1.165, 1.54) is 6.07 Å². The van der Waals surface area contributed by atoms with Crippen molar-refractivity contribution in [2.75, 3.05) is 0 Å². The first kappa shape index (κ1) is 14.5. The molecule has 1 amide bonds. The van der Waals surface area contributed by atoms with Gasteiger partial charge in [0.05, 0.1) is 0 Å². The first-order valence-electron chi connectivity index (χ1n) is 6.62. The molecule has 3 nitrogen and oxygen atoms in total. The average molecular weight is 281 g/mol. The van der Waals surface area contributed by atoms with E-state index in [1.54, 1.807) is 18.2 Å². The Labute approximate surface area is 116 Å². The quantitative estimate of drug-likeness (QED) is 0.841. The van der Waals surface area contributed by atoms with Crippen LogP contribution in [0.4, 0.5) is 8.78 Å². The standard InChI is InChI=1S/C15H17F2NO2/c16-15(17)20-13-9-5-4-8-12(13)10-18-14(19)11-6-2-1-3-7-11/h1-2,4-5,8-9,11,15H,3,6-7,10H2,(H,18,19). The number of hydrogen-bond acceptors (Lipinski definition) is 2. The number of para-hydroxylation sites is 1. The molecule has 2 rings (SSSR count). The molecule has 0 aromatic heterocycles. The molecule has 0 spiro atoms. The van der Waals surface area contributed by atoms with Gasteiger partial charge in [-0.3, -0.25) is 4.79 Å². The van der Waals surface area contributed by atoms with Gasteiger partial charge in [0.25, 0.3) is 0 Å². The first-order valence-corrected chi connectivity index (χ1v) is 6.62. The van der Waals surface area contributed by atoms with Gasteiger partial charge in [0.15, 0.2) is 0 Å². The molecule has 1 aliphatic rings. The van der Waals surface area contributed by atoms with Crippen molar-refractivity contribution in [3.8, 4) is 5.75 Å². The summed E-state index contributed by atoms with van der Waals surface area (Å²) in [5, 5.41) is 2.78. The SMILES string of the molecule is O=C(NCc1ccccc1OC(F)F)C1CC=CCC1. The van der Waals surface area contributed by atoms with E-state index in [1.807, 2.05) is 6.08 Å². The third-order valence-corrected chi connectivity index (χ3v) is 3.28. The predicted molar refractivity (Wildman–Crippen MR) is 71.4 cm³/mol. The number of carbonyl (C=O) groups excluding carboxylic acids is 1. The molecule has 5 heteroatoms. The zero-order chi connectivity index (χ0) is 14.4. The van der Waals surface area contributed by atoms with E-state index in [2.05, 4.69) is 16.1 Å². The van der Waals surface area contributed by atoms with E-state index in [9.17, 15) is 13.6 Å². The molecular formula is C15H17F2NO2. The van der Waals surface area contributed by atoms with Crippen LogP contribution >= 0.6 is 0 Å². The molecule has 1 aliphatic carbocycles. The van der Waals surface area contributed by atoms with Crippen molar-refractivity contribution >= 4 is 5.91 Å². The summed E-state index contributed by atoms with van der Waals surface area (Å²) in [6.07, 6.45) is 6.54. The summed E-state index contributed by atoms with van der Waals surface area (Å²) in [5.41, 5.74) is 0.549. The zero-order valence-corrected chi connectivity index (χ0v) is 11.0. The van der Waals surface area contributed by atoms with Gasteiger partial charge in [-0.2, -0.15) is 8.78 Å². The lowest BCUT2D eigenvalue weighted by molar-refractivity contribution is -0.125. The van der Waals surface area contributed by atoms with E-state index in [0.717, 1.165) is 19.3 Å². The van der Waals surface area contributed by atoms with E-state index in [4.69, 9.17) is 0 Å². The fraction of sp³-hybridized carbons (Fsp3) is 0.400. The summed E-state index contributed by atoms with van der Waals surface area (Å²) >= 11 is 0. The second-order valence-electron chi connectivity index (χ2n) is 4.69. The van der Waals surface area contributed by atoms with Crippen molar-refractivity contribution in [3.05, 3.63) is 42.0 Å². The number of hydrogen-bond donors (Lipinski definition) is 1. The number of ether oxygens (including phenoxy) is 1. The number of carbonyl (C=O) groups is 1. The molecule has 20 heavy (non-hydrogen) atoms. The van der Waals surface area contributed by atoms with Gasteiger partial charge in [-0.05, 0) is 25.3 Å². The maximum Gasteiger partial charge on any atom is 0.387 e. The lowest BCUT2D eigenvalue weighted by Gasteiger charge is -2.18. The van der Waals surface area contributed by atoms with Crippen LogP contribution in [0.2, 0.25) is 0 Å². The average Bonchev–Trinajstić information content (AvgIpc) is 2.46. The monoisotopic (exact) mass is 281 g/mol. The molecule has 1 aromatic rings. The molecule has 1 aromatic carbocycles. The molecular weight excluding hydrogens is 264 g/mol. The highest BCUT2D eigenvalue weighted by molar-refractivity contribution is 5.79. The molecule has 1 unspecified atom stereocenters. The molecule has 108 valence electrons. The Bertz CT molecular complexity index is 489. The lowest BCUT2D eigenvalue weighted by Crippen LogP contribution is -2.30. The van der Waals surface area contributed by atoms with Crippen LogP contribution in [0.15, 0.2) is 36.4 Å². The van der Waals surface area contributed by atoms with Gasteiger partial charge < -0.3 is 10.1 Å². The lowest BCUT2D eigenvalue weighted by atomic mass is 9.93. The van der Waals surface area contributed by atoms with Crippen molar-refractivity contribution in [3.63, 3.8) is 0 Å². The fourth-order valence-electron chi connectivity index (χ4n) is 2.22. The molecule has 0 fully saturated rings. The van der Waals surface area contributed by atoms with E-state index >= 15 is 0 Å². The minimum atomic E-state index is -2.87. The van der Waals surface area contributed by atoms with E-state index < -0.39 is 6.61 Å². The molecule has 1 atom stereocenters. The molecule has 1 N–H and O–H groups in total. The van der Waals surface area contributed by atoms with Crippen molar-refractivity contribution < 1.29 is 18.3 Å². The van der Waals surface area contributed by atoms with Crippen LogP contribution in [-0.4, -0.2) is 12.5 Å². The maximum absolute atomic E-state index is 12.3. The Kier molecular flexibility index (Phi) is 5.09. The summed E-state index contributed by atoms with van der Waals surface area (Å²) in [5.74, 6) is 0.0377. The van der Waals surface area contributed by atoms with Gasteiger partial charge in [-0.25, -0.2) is 0 Å². The van der Waals surface area contributed by atoms with Gasteiger partial charge >= 0.3 is 6.61 Å². The number of nitrogens with one attached hydrogen (secondary N) is 1. The number of benzene rings is 1. The van der Waals surface area contributed by atoms with Crippen LogP contribution in [0, 0.1) is 5.92 Å². The Balaban J connectivity index is 1.93. The number of halogens is 2. The highest BCUT2D eigenvalue weighted by Gasteiger charge is 2.18. The Morgan fingerprint density at radius 1 is 1.35 bits per heavy atom. The van der Waals surface area contributed by atoms with Gasteiger partial charge in [-0.1, -0.05) is 30.4 Å². The van der Waals surface area contributed by atoms with Crippen LogP contribution in [0.25, 0.3) is 0 Å². The minimum Gasteiger partial charge on any atom is -0.434 e. The highest BCUT2D eigenvalue weighted by atomic mass is 19.3. The first-order chi connectivity index (χ1) is 9.66. The second-order valence-corrected chi connectivity index (χ2v) is 4.69. The zero-order valence-electron chi connectivity index (χ0n) is 11.0. The highest BCUT2D eigenvalue weighted by Crippen LogP contribution is 2.21. The minimum absolute atomic E-state index is 0.0248. The molecule has 0 radical (unpaired) electrons. The fourth-order valence-corrected chi connectivity index (χ4v) is 2.22. The second kappa shape index (κ2) is 7.03. The Morgan fingerprint density at radius 2 is 2.15 bits per heavy atom. The van der Waals surface area contributed by atoms with Gasteiger partial charge in [-0.15, -0.1) is 0 Å². The Morgan fingerprint density at radius 3 is 2.85 bits per heavy atom. The van der Waals surface area contributed by atoms with Crippen LogP contribution in [0.3, 0.4) is 0 Å². The smallest absolute Gasteiger partial charge is 0.387 e. The molecule has 0 saturated heterocycles. The third kappa shape index (κ3) is 4.05. The summed E-state index contributed by atoms with van der Waals surface area (Å²) in [7, 11) is 0. The summed E-state index contributed by atoms with van der Waals surface area (Å²) in [4.78, 5) is 12.0.